The highest BCUT2D eigenvalue weighted by Crippen LogP contribution is 2.36. The molecule has 2 amide bonds. The topological polar surface area (TPSA) is 87.5 Å². The number of nitrogens with one attached hydrogen (secondary N) is 2. The van der Waals surface area contributed by atoms with Crippen LogP contribution in [0.5, 0.6) is 0 Å². The van der Waals surface area contributed by atoms with E-state index in [-0.39, 0.29) is 29.6 Å². The zero-order valence-corrected chi connectivity index (χ0v) is 19.8. The van der Waals surface area contributed by atoms with Crippen molar-refractivity contribution < 1.29 is 22.8 Å². The molecule has 4 N–H and O–H groups in total. The zero-order valence-electron chi connectivity index (χ0n) is 19.8. The summed E-state index contributed by atoms with van der Waals surface area (Å²) in [5.74, 6) is -0.521. The van der Waals surface area contributed by atoms with Crippen molar-refractivity contribution in [2.75, 3.05) is 31.5 Å². The van der Waals surface area contributed by atoms with Crippen LogP contribution in [0.25, 0.3) is 0 Å². The molecule has 0 spiro atoms. The molecular formula is C26H31F3N4O2. The lowest BCUT2D eigenvalue weighted by Gasteiger charge is -2.32. The number of carbonyl (C=O) groups is 2. The van der Waals surface area contributed by atoms with E-state index in [1.54, 1.807) is 18.2 Å². The number of nitrogens with two attached hydrogens (primary N) is 1. The van der Waals surface area contributed by atoms with Gasteiger partial charge in [0.05, 0.1) is 12.1 Å². The Morgan fingerprint density at radius 2 is 1.89 bits per heavy atom. The van der Waals surface area contributed by atoms with Crippen molar-refractivity contribution in [2.24, 2.45) is 11.7 Å². The molecule has 188 valence electrons. The van der Waals surface area contributed by atoms with Gasteiger partial charge in [0.1, 0.15) is 0 Å². The number of alkyl halides is 3. The lowest BCUT2D eigenvalue weighted by molar-refractivity contribution is -0.138. The molecule has 0 radical (unpaired) electrons. The van der Waals surface area contributed by atoms with Gasteiger partial charge in [-0.3, -0.25) is 14.5 Å². The predicted molar refractivity (Wildman–Crippen MR) is 128 cm³/mol. The smallest absolute Gasteiger partial charge is 0.369 e. The Labute approximate surface area is 203 Å². The van der Waals surface area contributed by atoms with Crippen LogP contribution in [0.2, 0.25) is 0 Å². The summed E-state index contributed by atoms with van der Waals surface area (Å²) in [6, 6.07) is 9.35. The number of amides is 2. The largest absolute Gasteiger partial charge is 0.416 e. The zero-order chi connectivity index (χ0) is 25.2. The number of hydrogen-bond donors (Lipinski definition) is 3. The van der Waals surface area contributed by atoms with E-state index in [1.807, 2.05) is 17.9 Å². The second-order valence-corrected chi connectivity index (χ2v) is 9.67. The van der Waals surface area contributed by atoms with Crippen molar-refractivity contribution in [3.8, 4) is 0 Å². The second-order valence-electron chi connectivity index (χ2n) is 9.67. The molecule has 1 atom stereocenters. The van der Waals surface area contributed by atoms with Crippen molar-refractivity contribution in [3.63, 3.8) is 0 Å². The molecule has 1 saturated heterocycles. The minimum absolute atomic E-state index is 0.109. The lowest BCUT2D eigenvalue weighted by Crippen LogP contribution is -2.38. The van der Waals surface area contributed by atoms with Crippen LogP contribution in [0.4, 0.5) is 18.9 Å². The Morgan fingerprint density at radius 3 is 2.57 bits per heavy atom. The Morgan fingerprint density at radius 1 is 1.14 bits per heavy atom. The fourth-order valence-corrected chi connectivity index (χ4v) is 5.19. The molecule has 0 bridgehead atoms. The Balaban J connectivity index is 1.52. The van der Waals surface area contributed by atoms with Crippen molar-refractivity contribution >= 4 is 17.5 Å². The van der Waals surface area contributed by atoms with Gasteiger partial charge in [-0.1, -0.05) is 19.1 Å². The summed E-state index contributed by atoms with van der Waals surface area (Å²) in [6.07, 6.45) is -2.43. The van der Waals surface area contributed by atoms with Gasteiger partial charge in [0.2, 0.25) is 5.91 Å². The average molecular weight is 489 g/mol. The Kier molecular flexibility index (Phi) is 7.47. The number of benzene rings is 2. The molecule has 0 saturated carbocycles. The Bertz CT molecular complexity index is 1100. The van der Waals surface area contributed by atoms with E-state index in [0.29, 0.717) is 25.1 Å². The molecule has 2 heterocycles. The van der Waals surface area contributed by atoms with Gasteiger partial charge in [0.15, 0.2) is 0 Å². The summed E-state index contributed by atoms with van der Waals surface area (Å²) in [5.41, 5.74) is 7.35. The molecule has 0 aliphatic carbocycles. The van der Waals surface area contributed by atoms with Crippen molar-refractivity contribution in [1.29, 1.82) is 0 Å². The van der Waals surface area contributed by atoms with Crippen LogP contribution >= 0.6 is 0 Å². The lowest BCUT2D eigenvalue weighted by atomic mass is 9.88. The molecule has 6 nitrogen and oxygen atoms in total. The van der Waals surface area contributed by atoms with Gasteiger partial charge >= 0.3 is 6.18 Å². The molecule has 0 unspecified atom stereocenters. The second kappa shape index (κ2) is 10.4. The van der Waals surface area contributed by atoms with E-state index < -0.39 is 23.6 Å². The minimum Gasteiger partial charge on any atom is -0.369 e. The third-order valence-electron chi connectivity index (χ3n) is 6.88. The summed E-state index contributed by atoms with van der Waals surface area (Å²) in [6.45, 7) is 4.97. The first-order chi connectivity index (χ1) is 16.6. The normalized spacial score (nSPS) is 19.3. The number of nitrogens with zero attached hydrogens (tertiary/aromatic N) is 1. The predicted octanol–water partition coefficient (Wildman–Crippen LogP) is 3.90. The van der Waals surface area contributed by atoms with E-state index in [2.05, 4.69) is 10.6 Å². The van der Waals surface area contributed by atoms with Gasteiger partial charge < -0.3 is 16.4 Å². The van der Waals surface area contributed by atoms with Crippen LogP contribution in [0.3, 0.4) is 0 Å². The summed E-state index contributed by atoms with van der Waals surface area (Å²) in [5, 5.41) is 5.86. The first-order valence-electron chi connectivity index (χ1n) is 12.0. The molecular weight excluding hydrogens is 457 g/mol. The van der Waals surface area contributed by atoms with Crippen LogP contribution in [0.15, 0.2) is 36.4 Å². The van der Waals surface area contributed by atoms with E-state index in [0.717, 1.165) is 43.1 Å². The van der Waals surface area contributed by atoms with E-state index in [1.165, 1.54) is 6.07 Å². The van der Waals surface area contributed by atoms with E-state index in [9.17, 15) is 22.8 Å². The van der Waals surface area contributed by atoms with Crippen LogP contribution in [0.1, 0.15) is 58.3 Å². The number of fused-ring (bicyclic) bond motifs is 1. The van der Waals surface area contributed by atoms with Crippen LogP contribution < -0.4 is 16.4 Å². The Hall–Kier alpha value is -2.91. The first kappa shape index (κ1) is 25.2. The SMILES string of the molecule is C[C@H]1CN(CC(N)=O)Cc2cc(C(=O)Nc3ccc(CC4CCNCC4)c(C(F)(F)F)c3)ccc21. The molecule has 9 heteroatoms. The number of primary amides is 1. The fourth-order valence-electron chi connectivity index (χ4n) is 5.19. The maximum atomic E-state index is 13.8. The van der Waals surface area contributed by atoms with Gasteiger partial charge in [0, 0.05) is 24.3 Å². The van der Waals surface area contributed by atoms with E-state index in [4.69, 9.17) is 5.73 Å². The van der Waals surface area contributed by atoms with Crippen molar-refractivity contribution in [1.82, 2.24) is 10.2 Å². The molecule has 35 heavy (non-hydrogen) atoms. The summed E-state index contributed by atoms with van der Waals surface area (Å²) >= 11 is 0. The van der Waals surface area contributed by atoms with Gasteiger partial charge in [-0.2, -0.15) is 13.2 Å². The van der Waals surface area contributed by atoms with Crippen LogP contribution in [-0.4, -0.2) is 42.9 Å². The molecule has 2 aliphatic heterocycles. The highest BCUT2D eigenvalue weighted by Gasteiger charge is 2.34. The van der Waals surface area contributed by atoms with Gasteiger partial charge in [0.25, 0.3) is 5.91 Å². The first-order valence-corrected chi connectivity index (χ1v) is 12.0. The molecule has 2 aliphatic rings. The van der Waals surface area contributed by atoms with E-state index >= 15 is 0 Å². The number of piperidine rings is 1. The third-order valence-corrected chi connectivity index (χ3v) is 6.88. The number of hydrogen-bond acceptors (Lipinski definition) is 4. The summed E-state index contributed by atoms with van der Waals surface area (Å²) < 4.78 is 41.5. The third kappa shape index (κ3) is 6.21. The summed E-state index contributed by atoms with van der Waals surface area (Å²) in [4.78, 5) is 26.2. The maximum Gasteiger partial charge on any atom is 0.416 e. The summed E-state index contributed by atoms with van der Waals surface area (Å²) in [7, 11) is 0. The molecule has 2 aromatic rings. The van der Waals surface area contributed by atoms with Gasteiger partial charge in [-0.25, -0.2) is 0 Å². The number of rotatable bonds is 6. The quantitative estimate of drug-likeness (QED) is 0.576. The monoisotopic (exact) mass is 488 g/mol. The standard InChI is InChI=1S/C26H31F3N4O2/c1-16-13-33(15-24(30)34)14-20-11-19(3-5-22(16)20)25(35)32-21-4-2-18(23(12-21)26(27,28)29)10-17-6-8-31-9-7-17/h2-5,11-12,16-17,31H,6-10,13-15H2,1H3,(H2,30,34)(H,32,35)/t16-/m0/s1. The van der Waals surface area contributed by atoms with Crippen molar-refractivity contribution in [2.45, 2.75) is 44.8 Å². The fraction of sp³-hybridized carbons (Fsp3) is 0.462. The molecule has 0 aromatic heterocycles. The maximum absolute atomic E-state index is 13.8. The average Bonchev–Trinajstić information content (AvgIpc) is 2.79. The number of anilines is 1. The highest BCUT2D eigenvalue weighted by atomic mass is 19.4. The molecule has 4 rings (SSSR count). The van der Waals surface area contributed by atoms with Crippen molar-refractivity contribution in [3.05, 3.63) is 64.2 Å². The minimum atomic E-state index is -4.51. The highest BCUT2D eigenvalue weighted by molar-refractivity contribution is 6.04. The number of halogens is 3. The van der Waals surface area contributed by atoms with Gasteiger partial charge in [-0.05, 0) is 85.1 Å². The van der Waals surface area contributed by atoms with Crippen LogP contribution in [0, 0.1) is 5.92 Å². The van der Waals surface area contributed by atoms with Gasteiger partial charge in [-0.15, -0.1) is 0 Å². The van der Waals surface area contributed by atoms with Crippen LogP contribution in [-0.2, 0) is 23.9 Å². The molecule has 2 aromatic carbocycles. The number of carbonyl (C=O) groups excluding carboxylic acids is 2. The molecule has 1 fully saturated rings.